The molecule has 11 heavy (non-hydrogen) atoms. The number of aromatic nitrogens is 1. The Bertz CT molecular complexity index is 271. The van der Waals surface area contributed by atoms with Crippen molar-refractivity contribution in [2.24, 2.45) is 0 Å². The highest BCUT2D eigenvalue weighted by Crippen LogP contribution is 2.17. The SMILES string of the molecule is CC(C(=O)O)c1cc(Cl)on1. The smallest absolute Gasteiger partial charge is 0.312 e. The summed E-state index contributed by atoms with van der Waals surface area (Å²) in [5.41, 5.74) is 0.336. The molecular formula is C6H6ClNO3. The molecule has 4 nitrogen and oxygen atoms in total. The van der Waals surface area contributed by atoms with Gasteiger partial charge >= 0.3 is 5.97 Å². The normalized spacial score (nSPS) is 12.9. The fraction of sp³-hybridized carbons (Fsp3) is 0.333. The van der Waals surface area contributed by atoms with Crippen LogP contribution in [0.4, 0.5) is 0 Å². The molecule has 0 fully saturated rings. The van der Waals surface area contributed by atoms with Gasteiger partial charge in [-0.1, -0.05) is 5.16 Å². The highest BCUT2D eigenvalue weighted by molar-refractivity contribution is 6.28. The van der Waals surface area contributed by atoms with Crippen LogP contribution in [-0.2, 0) is 4.79 Å². The number of carboxylic acid groups (broad SMARTS) is 1. The second-order valence-corrected chi connectivity index (χ2v) is 2.49. The van der Waals surface area contributed by atoms with Crippen LogP contribution in [0.5, 0.6) is 0 Å². The van der Waals surface area contributed by atoms with Gasteiger partial charge in [-0.2, -0.15) is 0 Å². The van der Waals surface area contributed by atoms with E-state index in [2.05, 4.69) is 9.68 Å². The summed E-state index contributed by atoms with van der Waals surface area (Å²) >= 11 is 5.39. The van der Waals surface area contributed by atoms with Crippen LogP contribution in [0.1, 0.15) is 18.5 Å². The summed E-state index contributed by atoms with van der Waals surface area (Å²) in [6, 6.07) is 1.39. The topological polar surface area (TPSA) is 63.3 Å². The summed E-state index contributed by atoms with van der Waals surface area (Å²) in [6.07, 6.45) is 0. The third kappa shape index (κ3) is 1.71. The Morgan fingerprint density at radius 1 is 1.91 bits per heavy atom. The molecule has 0 saturated carbocycles. The maximum atomic E-state index is 10.4. The van der Waals surface area contributed by atoms with Crippen molar-refractivity contribution in [2.45, 2.75) is 12.8 Å². The van der Waals surface area contributed by atoms with E-state index >= 15 is 0 Å². The van der Waals surface area contributed by atoms with Gasteiger partial charge in [0.25, 0.3) is 0 Å². The van der Waals surface area contributed by atoms with Crippen molar-refractivity contribution in [3.8, 4) is 0 Å². The van der Waals surface area contributed by atoms with Crippen LogP contribution < -0.4 is 0 Å². The molecular weight excluding hydrogens is 170 g/mol. The van der Waals surface area contributed by atoms with Crippen LogP contribution in [0.15, 0.2) is 10.6 Å². The van der Waals surface area contributed by atoms with Crippen LogP contribution >= 0.6 is 11.6 Å². The number of halogens is 1. The molecule has 0 aliphatic heterocycles. The zero-order valence-electron chi connectivity index (χ0n) is 5.74. The lowest BCUT2D eigenvalue weighted by molar-refractivity contribution is -0.138. The Morgan fingerprint density at radius 2 is 2.55 bits per heavy atom. The Kier molecular flexibility index (Phi) is 2.14. The first-order valence-electron chi connectivity index (χ1n) is 2.96. The largest absolute Gasteiger partial charge is 0.481 e. The van der Waals surface area contributed by atoms with Crippen molar-refractivity contribution in [1.82, 2.24) is 5.16 Å². The third-order valence-electron chi connectivity index (χ3n) is 1.31. The minimum Gasteiger partial charge on any atom is -0.481 e. The van der Waals surface area contributed by atoms with Crippen LogP contribution in [0.3, 0.4) is 0 Å². The summed E-state index contributed by atoms with van der Waals surface area (Å²) in [5, 5.41) is 12.1. The lowest BCUT2D eigenvalue weighted by atomic mass is 10.1. The van der Waals surface area contributed by atoms with Crippen molar-refractivity contribution in [2.75, 3.05) is 0 Å². The number of hydrogen-bond donors (Lipinski definition) is 1. The fourth-order valence-electron chi connectivity index (χ4n) is 0.596. The van der Waals surface area contributed by atoms with E-state index in [4.69, 9.17) is 16.7 Å². The van der Waals surface area contributed by atoms with Gasteiger partial charge in [0.1, 0.15) is 0 Å². The van der Waals surface area contributed by atoms with Crippen LogP contribution in [-0.4, -0.2) is 16.2 Å². The molecule has 0 amide bonds. The Hall–Kier alpha value is -1.03. The highest BCUT2D eigenvalue weighted by atomic mass is 35.5. The van der Waals surface area contributed by atoms with Gasteiger partial charge in [0.05, 0.1) is 11.6 Å². The number of nitrogens with zero attached hydrogens (tertiary/aromatic N) is 1. The number of carboxylic acids is 1. The maximum absolute atomic E-state index is 10.4. The van der Waals surface area contributed by atoms with Crippen molar-refractivity contribution in [1.29, 1.82) is 0 Å². The monoisotopic (exact) mass is 175 g/mol. The van der Waals surface area contributed by atoms with Gasteiger partial charge in [-0.05, 0) is 18.5 Å². The molecule has 0 aliphatic carbocycles. The van der Waals surface area contributed by atoms with E-state index in [1.807, 2.05) is 0 Å². The van der Waals surface area contributed by atoms with E-state index in [0.29, 0.717) is 5.69 Å². The number of carbonyl (C=O) groups is 1. The van der Waals surface area contributed by atoms with Crippen molar-refractivity contribution in [3.63, 3.8) is 0 Å². The van der Waals surface area contributed by atoms with Gasteiger partial charge in [0, 0.05) is 6.07 Å². The van der Waals surface area contributed by atoms with Crippen molar-refractivity contribution < 1.29 is 14.4 Å². The standard InChI is InChI=1S/C6H6ClNO3/c1-3(6(9)10)4-2-5(7)11-8-4/h2-3H,1H3,(H,9,10). The first kappa shape index (κ1) is 8.07. The van der Waals surface area contributed by atoms with E-state index in [-0.39, 0.29) is 5.22 Å². The molecule has 1 heterocycles. The lowest BCUT2D eigenvalue weighted by Gasteiger charge is -1.97. The van der Waals surface area contributed by atoms with E-state index in [1.165, 1.54) is 13.0 Å². The minimum absolute atomic E-state index is 0.105. The Balaban J connectivity index is 2.84. The van der Waals surface area contributed by atoms with Crippen LogP contribution in [0.2, 0.25) is 5.22 Å². The molecule has 5 heteroatoms. The highest BCUT2D eigenvalue weighted by Gasteiger charge is 2.17. The average molecular weight is 176 g/mol. The quantitative estimate of drug-likeness (QED) is 0.740. The molecule has 60 valence electrons. The van der Waals surface area contributed by atoms with Gasteiger partial charge in [0.15, 0.2) is 0 Å². The minimum atomic E-state index is -0.949. The maximum Gasteiger partial charge on any atom is 0.312 e. The zero-order chi connectivity index (χ0) is 8.43. The molecule has 0 aliphatic rings. The predicted octanol–water partition coefficient (Wildman–Crippen LogP) is 1.52. The van der Waals surface area contributed by atoms with Gasteiger partial charge in [-0.15, -0.1) is 0 Å². The average Bonchev–Trinajstić information content (AvgIpc) is 2.34. The van der Waals surface area contributed by atoms with Crippen LogP contribution in [0.25, 0.3) is 0 Å². The van der Waals surface area contributed by atoms with Crippen LogP contribution in [0, 0.1) is 0 Å². The van der Waals surface area contributed by atoms with Gasteiger partial charge < -0.3 is 9.63 Å². The molecule has 0 saturated heterocycles. The molecule has 0 aromatic carbocycles. The summed E-state index contributed by atoms with van der Waals surface area (Å²) in [7, 11) is 0. The summed E-state index contributed by atoms with van der Waals surface area (Å²) in [4.78, 5) is 10.4. The van der Waals surface area contributed by atoms with E-state index < -0.39 is 11.9 Å². The molecule has 0 bridgehead atoms. The van der Waals surface area contributed by atoms with E-state index in [9.17, 15) is 4.79 Å². The lowest BCUT2D eigenvalue weighted by Crippen LogP contribution is -2.07. The molecule has 0 radical (unpaired) electrons. The zero-order valence-corrected chi connectivity index (χ0v) is 6.50. The summed E-state index contributed by atoms with van der Waals surface area (Å²) < 4.78 is 4.49. The summed E-state index contributed by atoms with van der Waals surface area (Å²) in [5.74, 6) is -1.62. The first-order chi connectivity index (χ1) is 5.11. The molecule has 1 rings (SSSR count). The Morgan fingerprint density at radius 3 is 2.91 bits per heavy atom. The Labute approximate surface area is 67.8 Å². The first-order valence-corrected chi connectivity index (χ1v) is 3.34. The van der Waals surface area contributed by atoms with Crippen molar-refractivity contribution in [3.05, 3.63) is 17.0 Å². The second-order valence-electron chi connectivity index (χ2n) is 2.12. The van der Waals surface area contributed by atoms with E-state index in [0.717, 1.165) is 0 Å². The van der Waals surface area contributed by atoms with E-state index in [1.54, 1.807) is 0 Å². The van der Waals surface area contributed by atoms with Gasteiger partial charge in [0.2, 0.25) is 5.22 Å². The third-order valence-corrected chi connectivity index (χ3v) is 1.49. The van der Waals surface area contributed by atoms with Gasteiger partial charge in [-0.25, -0.2) is 0 Å². The predicted molar refractivity (Wildman–Crippen MR) is 37.6 cm³/mol. The fourth-order valence-corrected chi connectivity index (χ4v) is 0.742. The molecule has 0 spiro atoms. The van der Waals surface area contributed by atoms with Crippen molar-refractivity contribution >= 4 is 17.6 Å². The second kappa shape index (κ2) is 2.92. The summed E-state index contributed by atoms with van der Waals surface area (Å²) in [6.45, 7) is 1.51. The number of rotatable bonds is 2. The molecule has 1 unspecified atom stereocenters. The number of aliphatic carboxylic acids is 1. The molecule has 1 atom stereocenters. The molecule has 1 aromatic heterocycles. The molecule has 1 N–H and O–H groups in total. The molecule has 1 aromatic rings. The van der Waals surface area contributed by atoms with Gasteiger partial charge in [-0.3, -0.25) is 4.79 Å². The number of hydrogen-bond acceptors (Lipinski definition) is 3.